The van der Waals surface area contributed by atoms with E-state index in [0.29, 0.717) is 17.4 Å². The summed E-state index contributed by atoms with van der Waals surface area (Å²) in [6.07, 6.45) is 63.5. The average molecular weight is 950 g/mol. The normalized spacial score (nSPS) is 14.3. The summed E-state index contributed by atoms with van der Waals surface area (Å²) in [5.74, 6) is -0.186. The highest BCUT2D eigenvalue weighted by atomic mass is 31.2. The molecule has 1 amide bonds. The number of hydrogen-bond acceptors (Lipinski definition) is 5. The van der Waals surface area contributed by atoms with Crippen LogP contribution in [0.15, 0.2) is 48.6 Å². The number of phosphoric ester groups is 1. The number of unbranched alkanes of at least 4 members (excludes halogenated alkanes) is 32. The van der Waals surface area contributed by atoms with E-state index >= 15 is 0 Å². The van der Waals surface area contributed by atoms with Gasteiger partial charge in [-0.1, -0.05) is 242 Å². The number of hydrogen-bond donors (Lipinski definition) is 3. The highest BCUT2D eigenvalue weighted by Gasteiger charge is 2.27. The number of likely N-dealkylation sites (N-methyl/N-ethyl adjacent to an activating group) is 1. The Balaban J connectivity index is 4.27. The molecule has 0 rings (SSSR count). The average Bonchev–Trinajstić information content (AvgIpc) is 3.28. The summed E-state index contributed by atoms with van der Waals surface area (Å²) in [7, 11) is 1.56. The number of carbonyl (C=O) groups is 1. The molecule has 0 aromatic rings. The standard InChI is InChI=1S/C57H109N2O6P/c1-6-8-10-12-14-16-18-20-22-24-26-28-29-31-32-34-36-38-40-42-44-46-48-50-56(60)55(54-65-66(62,63)64-53-52-59(3,4)5)58-57(61)51-49-47-45-43-41-39-37-35-33-30-27-25-23-21-19-17-15-13-11-9-7-2/h9,11,15,17,40,42,48,50,55-56,60H,6-8,10,12-14,16,18-39,41,43-47,49,51-54H2,1-5H3,(H-,58,61,62,63)/p+1/b11-9-,17-15-,42-40+,50-48+. The number of phosphoric acid groups is 1. The summed E-state index contributed by atoms with van der Waals surface area (Å²) in [5.41, 5.74) is 0. The van der Waals surface area contributed by atoms with Crippen LogP contribution in [0.5, 0.6) is 0 Å². The van der Waals surface area contributed by atoms with Crippen LogP contribution in [0, 0.1) is 0 Å². The van der Waals surface area contributed by atoms with Gasteiger partial charge >= 0.3 is 7.82 Å². The first-order valence-electron chi connectivity index (χ1n) is 28.0. The Kier molecular flexibility index (Phi) is 47.4. The van der Waals surface area contributed by atoms with E-state index in [0.717, 1.165) is 51.4 Å². The molecule has 3 atom stereocenters. The summed E-state index contributed by atoms with van der Waals surface area (Å²) in [6.45, 7) is 4.72. The molecule has 3 unspecified atom stereocenters. The molecule has 0 aliphatic rings. The van der Waals surface area contributed by atoms with Gasteiger partial charge in [0.15, 0.2) is 0 Å². The van der Waals surface area contributed by atoms with Crippen molar-refractivity contribution in [3.8, 4) is 0 Å². The maximum absolute atomic E-state index is 13.0. The van der Waals surface area contributed by atoms with E-state index in [9.17, 15) is 19.4 Å². The second-order valence-electron chi connectivity index (χ2n) is 20.3. The van der Waals surface area contributed by atoms with Crippen molar-refractivity contribution >= 4 is 13.7 Å². The molecular formula is C57H110N2O6P+. The molecule has 0 aliphatic heterocycles. The van der Waals surface area contributed by atoms with Crippen LogP contribution in [-0.2, 0) is 18.4 Å². The topological polar surface area (TPSA) is 105 Å². The minimum absolute atomic E-state index is 0.0560. The lowest BCUT2D eigenvalue weighted by molar-refractivity contribution is -0.870. The van der Waals surface area contributed by atoms with Gasteiger partial charge in [0.1, 0.15) is 13.2 Å². The first-order chi connectivity index (χ1) is 32.0. The van der Waals surface area contributed by atoms with Gasteiger partial charge in [-0.25, -0.2) is 4.57 Å². The number of allylic oxidation sites excluding steroid dienone is 7. The lowest BCUT2D eigenvalue weighted by atomic mass is 10.0. The second-order valence-corrected chi connectivity index (χ2v) is 21.7. The van der Waals surface area contributed by atoms with Gasteiger partial charge in [0.25, 0.3) is 0 Å². The number of aliphatic hydroxyl groups is 1. The monoisotopic (exact) mass is 950 g/mol. The Bertz CT molecular complexity index is 1210. The minimum Gasteiger partial charge on any atom is -0.387 e. The van der Waals surface area contributed by atoms with E-state index in [1.165, 1.54) is 186 Å². The first kappa shape index (κ1) is 64.5. The van der Waals surface area contributed by atoms with Gasteiger partial charge in [-0.2, -0.15) is 0 Å². The number of quaternary nitrogens is 1. The van der Waals surface area contributed by atoms with Crippen molar-refractivity contribution in [3.05, 3.63) is 48.6 Å². The lowest BCUT2D eigenvalue weighted by Crippen LogP contribution is -2.45. The van der Waals surface area contributed by atoms with Gasteiger partial charge in [-0.05, 0) is 57.8 Å². The summed E-state index contributed by atoms with van der Waals surface area (Å²) < 4.78 is 23.7. The molecule has 8 nitrogen and oxygen atoms in total. The van der Waals surface area contributed by atoms with E-state index in [-0.39, 0.29) is 19.1 Å². The zero-order chi connectivity index (χ0) is 48.5. The van der Waals surface area contributed by atoms with E-state index in [4.69, 9.17) is 9.05 Å². The van der Waals surface area contributed by atoms with Crippen molar-refractivity contribution in [2.24, 2.45) is 0 Å². The van der Waals surface area contributed by atoms with Crippen molar-refractivity contribution in [1.29, 1.82) is 0 Å². The smallest absolute Gasteiger partial charge is 0.387 e. The Morgan fingerprint density at radius 1 is 0.530 bits per heavy atom. The number of nitrogens with zero attached hydrogens (tertiary/aromatic N) is 1. The molecule has 0 aromatic heterocycles. The Labute approximate surface area is 409 Å². The highest BCUT2D eigenvalue weighted by molar-refractivity contribution is 7.47. The molecule has 0 saturated heterocycles. The van der Waals surface area contributed by atoms with Crippen LogP contribution >= 0.6 is 7.82 Å². The number of nitrogens with one attached hydrogen (secondary N) is 1. The Morgan fingerprint density at radius 3 is 1.38 bits per heavy atom. The van der Waals surface area contributed by atoms with Crippen molar-refractivity contribution in [1.82, 2.24) is 5.32 Å². The summed E-state index contributed by atoms with van der Waals surface area (Å²) in [4.78, 5) is 23.3. The van der Waals surface area contributed by atoms with Crippen LogP contribution < -0.4 is 5.32 Å². The van der Waals surface area contributed by atoms with Crippen LogP contribution in [0.1, 0.15) is 258 Å². The molecule has 0 radical (unpaired) electrons. The molecule has 0 aliphatic carbocycles. The van der Waals surface area contributed by atoms with Crippen molar-refractivity contribution in [2.75, 3.05) is 40.9 Å². The summed E-state index contributed by atoms with van der Waals surface area (Å²) in [6, 6.07) is -0.864. The molecule has 388 valence electrons. The van der Waals surface area contributed by atoms with Crippen molar-refractivity contribution in [3.63, 3.8) is 0 Å². The second kappa shape index (κ2) is 48.5. The van der Waals surface area contributed by atoms with Crippen LogP contribution in [0.2, 0.25) is 0 Å². The zero-order valence-electron chi connectivity index (χ0n) is 44.2. The molecule has 0 fully saturated rings. The minimum atomic E-state index is -4.35. The predicted octanol–water partition coefficient (Wildman–Crippen LogP) is 16.8. The molecule has 0 heterocycles. The molecule has 0 spiro atoms. The van der Waals surface area contributed by atoms with Crippen LogP contribution in [0.25, 0.3) is 0 Å². The molecular weight excluding hydrogens is 840 g/mol. The zero-order valence-corrected chi connectivity index (χ0v) is 45.1. The summed E-state index contributed by atoms with van der Waals surface area (Å²) in [5, 5.41) is 13.9. The number of aliphatic hydroxyl groups excluding tert-OH is 1. The van der Waals surface area contributed by atoms with E-state index < -0.39 is 20.0 Å². The first-order valence-corrected chi connectivity index (χ1v) is 29.5. The number of carbonyl (C=O) groups excluding carboxylic acids is 1. The molecule has 66 heavy (non-hydrogen) atoms. The van der Waals surface area contributed by atoms with E-state index in [2.05, 4.69) is 55.6 Å². The van der Waals surface area contributed by atoms with E-state index in [1.54, 1.807) is 6.08 Å². The Morgan fingerprint density at radius 2 is 0.924 bits per heavy atom. The van der Waals surface area contributed by atoms with Crippen LogP contribution in [0.4, 0.5) is 0 Å². The third kappa shape index (κ3) is 50.3. The Hall–Kier alpha value is -1.54. The van der Waals surface area contributed by atoms with Crippen LogP contribution in [0.3, 0.4) is 0 Å². The fourth-order valence-corrected chi connectivity index (χ4v) is 8.89. The van der Waals surface area contributed by atoms with Crippen LogP contribution in [-0.4, -0.2) is 73.4 Å². The molecule has 0 aromatic carbocycles. The third-order valence-electron chi connectivity index (χ3n) is 12.5. The van der Waals surface area contributed by atoms with Gasteiger partial charge < -0.3 is 19.8 Å². The van der Waals surface area contributed by atoms with Gasteiger partial charge in [-0.15, -0.1) is 0 Å². The quantitative estimate of drug-likeness (QED) is 0.0243. The fraction of sp³-hybridized carbons (Fsp3) is 0.842. The van der Waals surface area contributed by atoms with Crippen molar-refractivity contribution < 1.29 is 32.9 Å². The van der Waals surface area contributed by atoms with Gasteiger partial charge in [-0.3, -0.25) is 13.8 Å². The fourth-order valence-electron chi connectivity index (χ4n) is 8.16. The largest absolute Gasteiger partial charge is 0.472 e. The van der Waals surface area contributed by atoms with Gasteiger partial charge in [0.05, 0.1) is 39.9 Å². The maximum Gasteiger partial charge on any atom is 0.472 e. The van der Waals surface area contributed by atoms with Crippen molar-refractivity contribution in [2.45, 2.75) is 270 Å². The molecule has 0 bridgehead atoms. The van der Waals surface area contributed by atoms with E-state index in [1.807, 2.05) is 27.2 Å². The number of amides is 1. The highest BCUT2D eigenvalue weighted by Crippen LogP contribution is 2.43. The lowest BCUT2D eigenvalue weighted by Gasteiger charge is -2.25. The summed E-state index contributed by atoms with van der Waals surface area (Å²) >= 11 is 0. The van der Waals surface area contributed by atoms with Gasteiger partial charge in [0.2, 0.25) is 5.91 Å². The molecule has 3 N–H and O–H groups in total. The predicted molar refractivity (Wildman–Crippen MR) is 286 cm³/mol. The SMILES string of the molecule is CC/C=C\C/C=C\CCCCCCCCCCCCCCCCC(=O)NC(COP(=O)(O)OCC[N+](C)(C)C)C(O)/C=C/CC/C=C/CCCCCCCCCCCCCCCCCCC. The third-order valence-corrected chi connectivity index (χ3v) is 13.5. The molecule has 9 heteroatoms. The number of rotatable bonds is 51. The molecule has 0 saturated carbocycles. The maximum atomic E-state index is 13.0. The van der Waals surface area contributed by atoms with Gasteiger partial charge in [0, 0.05) is 6.42 Å².